The van der Waals surface area contributed by atoms with Crippen molar-refractivity contribution in [2.24, 2.45) is 7.05 Å². The van der Waals surface area contributed by atoms with E-state index in [1.807, 2.05) is 37.6 Å². The maximum atomic E-state index is 11.1. The first-order chi connectivity index (χ1) is 7.02. The lowest BCUT2D eigenvalue weighted by molar-refractivity contribution is 0.0699. The molecule has 0 aliphatic carbocycles. The first-order valence-electron chi connectivity index (χ1n) is 4.81. The third kappa shape index (κ3) is 1.31. The van der Waals surface area contributed by atoms with Gasteiger partial charge in [-0.1, -0.05) is 12.1 Å². The van der Waals surface area contributed by atoms with E-state index in [1.54, 1.807) is 6.20 Å². The number of hydrogen-bond acceptors (Lipinski definition) is 1. The Labute approximate surface area is 87.9 Å². The van der Waals surface area contributed by atoms with Crippen LogP contribution >= 0.6 is 0 Å². The van der Waals surface area contributed by atoms with E-state index in [0.29, 0.717) is 5.56 Å². The molecule has 0 spiro atoms. The summed E-state index contributed by atoms with van der Waals surface area (Å²) in [7, 11) is 1.88. The van der Waals surface area contributed by atoms with Crippen LogP contribution in [0.25, 0.3) is 10.9 Å². The van der Waals surface area contributed by atoms with E-state index in [2.05, 4.69) is 0 Å². The smallest absolute Gasteiger partial charge is 0.337 e. The lowest BCUT2D eigenvalue weighted by atomic mass is 10.0. The highest BCUT2D eigenvalue weighted by atomic mass is 16.4. The van der Waals surface area contributed by atoms with Crippen LogP contribution in [0.1, 0.15) is 21.5 Å². The molecule has 1 aromatic heterocycles. The van der Waals surface area contributed by atoms with Gasteiger partial charge in [0, 0.05) is 18.6 Å². The molecule has 2 rings (SSSR count). The average Bonchev–Trinajstić information content (AvgIpc) is 2.51. The maximum Gasteiger partial charge on any atom is 0.337 e. The van der Waals surface area contributed by atoms with Crippen molar-refractivity contribution < 1.29 is 9.90 Å². The molecule has 78 valence electrons. The van der Waals surface area contributed by atoms with E-state index in [-0.39, 0.29) is 0 Å². The second-order valence-corrected chi connectivity index (χ2v) is 3.88. The molecule has 2 aromatic rings. The van der Waals surface area contributed by atoms with Gasteiger partial charge in [0.1, 0.15) is 0 Å². The van der Waals surface area contributed by atoms with Crippen molar-refractivity contribution in [2.45, 2.75) is 13.8 Å². The molecule has 0 radical (unpaired) electrons. The summed E-state index contributed by atoms with van der Waals surface area (Å²) in [4.78, 5) is 11.1. The average molecular weight is 203 g/mol. The quantitative estimate of drug-likeness (QED) is 0.773. The molecule has 3 heteroatoms. The fraction of sp³-hybridized carbons (Fsp3) is 0.250. The van der Waals surface area contributed by atoms with Crippen molar-refractivity contribution in [1.82, 2.24) is 4.57 Å². The number of benzene rings is 1. The second-order valence-electron chi connectivity index (χ2n) is 3.88. The topological polar surface area (TPSA) is 42.2 Å². The van der Waals surface area contributed by atoms with Crippen LogP contribution in [0.5, 0.6) is 0 Å². The van der Waals surface area contributed by atoms with E-state index in [9.17, 15) is 4.79 Å². The molecule has 0 fully saturated rings. The summed E-state index contributed by atoms with van der Waals surface area (Å²) >= 11 is 0. The van der Waals surface area contributed by atoms with E-state index in [4.69, 9.17) is 5.11 Å². The van der Waals surface area contributed by atoms with Gasteiger partial charge in [-0.2, -0.15) is 0 Å². The van der Waals surface area contributed by atoms with Crippen molar-refractivity contribution in [3.63, 3.8) is 0 Å². The van der Waals surface area contributed by atoms with Crippen LogP contribution < -0.4 is 0 Å². The molecular weight excluding hydrogens is 190 g/mol. The number of aryl methyl sites for hydroxylation is 3. The predicted molar refractivity (Wildman–Crippen MR) is 59.4 cm³/mol. The number of nitrogens with zero attached hydrogens (tertiary/aromatic N) is 1. The molecule has 1 aromatic carbocycles. The number of aromatic carboxylic acids is 1. The Balaban J connectivity index is 2.98. The standard InChI is InChI=1S/C12H13NO2/c1-7-4-5-8(2)11-10(7)9(12(14)15)6-13(11)3/h4-6H,1-3H3,(H,14,15). The largest absolute Gasteiger partial charge is 0.478 e. The first kappa shape index (κ1) is 9.77. The molecule has 0 atom stereocenters. The fourth-order valence-corrected chi connectivity index (χ4v) is 2.08. The SMILES string of the molecule is Cc1ccc(C)c2c1c(C(=O)O)cn2C. The van der Waals surface area contributed by atoms with Gasteiger partial charge in [-0.15, -0.1) is 0 Å². The molecule has 1 heterocycles. The Morgan fingerprint density at radius 3 is 2.47 bits per heavy atom. The minimum atomic E-state index is -0.866. The van der Waals surface area contributed by atoms with Gasteiger partial charge in [-0.05, 0) is 25.0 Å². The summed E-state index contributed by atoms with van der Waals surface area (Å²) in [5.41, 5.74) is 3.50. The van der Waals surface area contributed by atoms with Gasteiger partial charge in [-0.3, -0.25) is 0 Å². The van der Waals surface area contributed by atoms with Crippen LogP contribution in [0, 0.1) is 13.8 Å². The Morgan fingerprint density at radius 1 is 1.27 bits per heavy atom. The van der Waals surface area contributed by atoms with Crippen LogP contribution in [-0.4, -0.2) is 15.6 Å². The van der Waals surface area contributed by atoms with E-state index < -0.39 is 5.97 Å². The highest BCUT2D eigenvalue weighted by Gasteiger charge is 2.15. The zero-order valence-corrected chi connectivity index (χ0v) is 9.03. The van der Waals surface area contributed by atoms with Crippen molar-refractivity contribution >= 4 is 16.9 Å². The first-order valence-corrected chi connectivity index (χ1v) is 4.81. The Bertz CT molecular complexity index is 552. The number of carboxylic acid groups (broad SMARTS) is 1. The minimum Gasteiger partial charge on any atom is -0.478 e. The van der Waals surface area contributed by atoms with Crippen molar-refractivity contribution in [2.75, 3.05) is 0 Å². The maximum absolute atomic E-state index is 11.1. The number of rotatable bonds is 1. The van der Waals surface area contributed by atoms with Crippen molar-refractivity contribution in [1.29, 1.82) is 0 Å². The molecular formula is C12H13NO2. The molecule has 0 unspecified atom stereocenters. The summed E-state index contributed by atoms with van der Waals surface area (Å²) in [6.07, 6.45) is 1.67. The number of fused-ring (bicyclic) bond motifs is 1. The van der Waals surface area contributed by atoms with E-state index >= 15 is 0 Å². The van der Waals surface area contributed by atoms with E-state index in [0.717, 1.165) is 22.0 Å². The Hall–Kier alpha value is -1.77. The Morgan fingerprint density at radius 2 is 1.87 bits per heavy atom. The monoisotopic (exact) mass is 203 g/mol. The molecule has 0 saturated carbocycles. The van der Waals surface area contributed by atoms with Gasteiger partial charge in [-0.25, -0.2) is 4.79 Å². The van der Waals surface area contributed by atoms with Gasteiger partial charge in [0.2, 0.25) is 0 Å². The van der Waals surface area contributed by atoms with Gasteiger partial charge in [0.25, 0.3) is 0 Å². The lowest BCUT2D eigenvalue weighted by Gasteiger charge is -2.03. The fourth-order valence-electron chi connectivity index (χ4n) is 2.08. The van der Waals surface area contributed by atoms with E-state index in [1.165, 1.54) is 0 Å². The molecule has 0 saturated heterocycles. The Kier molecular flexibility index (Phi) is 2.03. The van der Waals surface area contributed by atoms with Gasteiger partial charge < -0.3 is 9.67 Å². The predicted octanol–water partition coefficient (Wildman–Crippen LogP) is 2.49. The number of carbonyl (C=O) groups is 1. The van der Waals surface area contributed by atoms with Crippen LogP contribution in [0.3, 0.4) is 0 Å². The zero-order valence-electron chi connectivity index (χ0n) is 9.03. The number of aromatic nitrogens is 1. The van der Waals surface area contributed by atoms with Crippen molar-refractivity contribution in [3.8, 4) is 0 Å². The molecule has 0 amide bonds. The van der Waals surface area contributed by atoms with Crippen LogP contribution in [0.2, 0.25) is 0 Å². The number of hydrogen-bond donors (Lipinski definition) is 1. The zero-order chi connectivity index (χ0) is 11.2. The highest BCUT2D eigenvalue weighted by molar-refractivity contribution is 6.05. The van der Waals surface area contributed by atoms with Crippen LogP contribution in [-0.2, 0) is 7.05 Å². The van der Waals surface area contributed by atoms with Crippen LogP contribution in [0.15, 0.2) is 18.3 Å². The summed E-state index contributed by atoms with van der Waals surface area (Å²) in [6.45, 7) is 3.93. The molecule has 1 N–H and O–H groups in total. The van der Waals surface area contributed by atoms with Gasteiger partial charge in [0.05, 0.1) is 11.1 Å². The van der Waals surface area contributed by atoms with Gasteiger partial charge in [0.15, 0.2) is 0 Å². The third-order valence-corrected chi connectivity index (χ3v) is 2.76. The van der Waals surface area contributed by atoms with Crippen molar-refractivity contribution in [3.05, 3.63) is 35.0 Å². The molecule has 0 bridgehead atoms. The normalized spacial score (nSPS) is 10.9. The molecule has 3 nitrogen and oxygen atoms in total. The molecule has 0 aliphatic rings. The lowest BCUT2D eigenvalue weighted by Crippen LogP contribution is -1.95. The van der Waals surface area contributed by atoms with Gasteiger partial charge >= 0.3 is 5.97 Å². The summed E-state index contributed by atoms with van der Waals surface area (Å²) in [5, 5.41) is 9.95. The van der Waals surface area contributed by atoms with Crippen LogP contribution in [0.4, 0.5) is 0 Å². The molecule has 0 aliphatic heterocycles. The minimum absolute atomic E-state index is 0.383. The summed E-state index contributed by atoms with van der Waals surface area (Å²) < 4.78 is 1.88. The highest BCUT2D eigenvalue weighted by Crippen LogP contribution is 2.26. The number of carboxylic acids is 1. The second kappa shape index (κ2) is 3.12. The molecule has 15 heavy (non-hydrogen) atoms. The third-order valence-electron chi connectivity index (χ3n) is 2.76. The summed E-state index contributed by atoms with van der Waals surface area (Å²) in [6, 6.07) is 3.98. The summed E-state index contributed by atoms with van der Waals surface area (Å²) in [5.74, 6) is -0.866.